The number of rotatable bonds is 4. The van der Waals surface area contributed by atoms with E-state index in [-0.39, 0.29) is 5.83 Å². The normalized spacial score (nSPS) is 16.5. The molecule has 2 nitrogen and oxygen atoms in total. The largest absolute Gasteiger partial charge is 0.311 e. The van der Waals surface area contributed by atoms with Gasteiger partial charge in [0.05, 0.1) is 5.70 Å². The lowest BCUT2D eigenvalue weighted by Gasteiger charge is -2.21. The average Bonchev–Trinajstić information content (AvgIpc) is 2.14. The van der Waals surface area contributed by atoms with Gasteiger partial charge in [0.2, 0.25) is 0 Å². The quantitative estimate of drug-likeness (QED) is 0.537. The molecule has 0 spiro atoms. The summed E-state index contributed by atoms with van der Waals surface area (Å²) in [5, 5.41) is 1.63. The number of nitrogens with two attached hydrogens (primary N) is 1. The summed E-state index contributed by atoms with van der Waals surface area (Å²) in [5.74, 6) is 5.69. The first-order chi connectivity index (χ1) is 6.24. The third-order valence-corrected chi connectivity index (χ3v) is 2.13. The van der Waals surface area contributed by atoms with E-state index in [1.807, 2.05) is 6.08 Å². The van der Waals surface area contributed by atoms with Gasteiger partial charge in [0.1, 0.15) is 5.83 Å². The van der Waals surface area contributed by atoms with Gasteiger partial charge in [-0.1, -0.05) is 19.4 Å². The van der Waals surface area contributed by atoms with E-state index in [4.69, 9.17) is 5.84 Å². The molecule has 1 aliphatic rings. The molecule has 3 heteroatoms. The fourth-order valence-corrected chi connectivity index (χ4v) is 1.31. The van der Waals surface area contributed by atoms with Crippen molar-refractivity contribution in [1.82, 2.24) is 5.01 Å². The maximum atomic E-state index is 12.9. The van der Waals surface area contributed by atoms with Crippen LogP contribution >= 0.6 is 0 Å². The SMILES string of the molecule is CCCCN(N)C1=CCCC(F)=C1. The Labute approximate surface area is 78.9 Å². The predicted molar refractivity (Wildman–Crippen MR) is 52.3 cm³/mol. The molecule has 0 aliphatic heterocycles. The maximum absolute atomic E-state index is 12.9. The zero-order valence-corrected chi connectivity index (χ0v) is 8.09. The average molecular weight is 184 g/mol. The molecule has 0 bridgehead atoms. The van der Waals surface area contributed by atoms with Crippen LogP contribution in [0.4, 0.5) is 4.39 Å². The highest BCUT2D eigenvalue weighted by atomic mass is 19.1. The fraction of sp³-hybridized carbons (Fsp3) is 0.600. The Balaban J connectivity index is 2.46. The number of halogens is 1. The van der Waals surface area contributed by atoms with Crippen LogP contribution in [0.25, 0.3) is 0 Å². The Morgan fingerprint density at radius 1 is 1.62 bits per heavy atom. The third kappa shape index (κ3) is 3.19. The summed E-state index contributed by atoms with van der Waals surface area (Å²) in [6.45, 7) is 2.91. The van der Waals surface area contributed by atoms with Crippen molar-refractivity contribution in [3.63, 3.8) is 0 Å². The van der Waals surface area contributed by atoms with Crippen molar-refractivity contribution in [3.8, 4) is 0 Å². The van der Waals surface area contributed by atoms with Gasteiger partial charge < -0.3 is 5.01 Å². The van der Waals surface area contributed by atoms with E-state index in [1.165, 1.54) is 6.08 Å². The first-order valence-electron chi connectivity index (χ1n) is 4.82. The Kier molecular flexibility index (Phi) is 3.96. The van der Waals surface area contributed by atoms with Crippen LogP contribution in [0.2, 0.25) is 0 Å². The van der Waals surface area contributed by atoms with Crippen molar-refractivity contribution in [2.45, 2.75) is 32.6 Å². The number of unbranched alkanes of at least 4 members (excludes halogenated alkanes) is 1. The maximum Gasteiger partial charge on any atom is 0.102 e. The highest BCUT2D eigenvalue weighted by Crippen LogP contribution is 2.19. The Bertz CT molecular complexity index is 221. The van der Waals surface area contributed by atoms with Crippen LogP contribution in [0.1, 0.15) is 32.6 Å². The fourth-order valence-electron chi connectivity index (χ4n) is 1.31. The molecule has 0 amide bonds. The molecule has 13 heavy (non-hydrogen) atoms. The van der Waals surface area contributed by atoms with Crippen LogP contribution in [0.5, 0.6) is 0 Å². The standard InChI is InChI=1S/C10H17FN2/c1-2-3-7-13(12)10-6-4-5-9(11)8-10/h6,8H,2-5,7,12H2,1H3. The van der Waals surface area contributed by atoms with E-state index in [0.717, 1.165) is 31.5 Å². The summed E-state index contributed by atoms with van der Waals surface area (Å²) >= 11 is 0. The van der Waals surface area contributed by atoms with Gasteiger partial charge in [0.15, 0.2) is 0 Å². The molecule has 0 fully saturated rings. The topological polar surface area (TPSA) is 29.3 Å². The summed E-state index contributed by atoms with van der Waals surface area (Å²) in [4.78, 5) is 0. The summed E-state index contributed by atoms with van der Waals surface area (Å²) < 4.78 is 12.9. The highest BCUT2D eigenvalue weighted by Gasteiger charge is 2.08. The Morgan fingerprint density at radius 3 is 3.00 bits per heavy atom. The molecule has 0 aromatic heterocycles. The van der Waals surface area contributed by atoms with Crippen molar-refractivity contribution in [2.75, 3.05) is 6.54 Å². The lowest BCUT2D eigenvalue weighted by atomic mass is 10.1. The van der Waals surface area contributed by atoms with Gasteiger partial charge in [-0.15, -0.1) is 0 Å². The third-order valence-electron chi connectivity index (χ3n) is 2.13. The van der Waals surface area contributed by atoms with Gasteiger partial charge in [0, 0.05) is 13.0 Å². The highest BCUT2D eigenvalue weighted by molar-refractivity contribution is 5.23. The van der Waals surface area contributed by atoms with Gasteiger partial charge in [-0.2, -0.15) is 0 Å². The smallest absolute Gasteiger partial charge is 0.102 e. The van der Waals surface area contributed by atoms with E-state index in [2.05, 4.69) is 6.92 Å². The summed E-state index contributed by atoms with van der Waals surface area (Å²) in [7, 11) is 0. The zero-order chi connectivity index (χ0) is 9.68. The molecule has 0 heterocycles. The van der Waals surface area contributed by atoms with Gasteiger partial charge in [-0.3, -0.25) is 0 Å². The molecule has 1 rings (SSSR count). The Hall–Kier alpha value is -0.830. The molecule has 0 aromatic carbocycles. The minimum atomic E-state index is -0.0653. The Morgan fingerprint density at radius 2 is 2.38 bits per heavy atom. The molecule has 0 radical (unpaired) electrons. The van der Waals surface area contributed by atoms with Crippen LogP contribution in [0, 0.1) is 0 Å². The summed E-state index contributed by atoms with van der Waals surface area (Å²) in [6, 6.07) is 0. The van der Waals surface area contributed by atoms with E-state index in [0.29, 0.717) is 6.42 Å². The summed E-state index contributed by atoms with van der Waals surface area (Å²) in [6.07, 6.45) is 6.94. The summed E-state index contributed by atoms with van der Waals surface area (Å²) in [5.41, 5.74) is 0.817. The second kappa shape index (κ2) is 5.02. The van der Waals surface area contributed by atoms with Crippen LogP contribution in [0.15, 0.2) is 23.7 Å². The van der Waals surface area contributed by atoms with Crippen LogP contribution in [-0.2, 0) is 0 Å². The number of nitrogens with zero attached hydrogens (tertiary/aromatic N) is 1. The molecule has 0 atom stereocenters. The number of hydrazine groups is 1. The van der Waals surface area contributed by atoms with Gasteiger partial charge in [0.25, 0.3) is 0 Å². The van der Waals surface area contributed by atoms with E-state index in [9.17, 15) is 4.39 Å². The number of hydrogen-bond acceptors (Lipinski definition) is 2. The molecule has 0 saturated heterocycles. The lowest BCUT2D eigenvalue weighted by molar-refractivity contribution is 0.355. The van der Waals surface area contributed by atoms with Crippen LogP contribution in [-0.4, -0.2) is 11.6 Å². The van der Waals surface area contributed by atoms with Gasteiger partial charge in [-0.05, 0) is 18.9 Å². The molecule has 2 N–H and O–H groups in total. The van der Waals surface area contributed by atoms with Crippen molar-refractivity contribution in [1.29, 1.82) is 0 Å². The second-order valence-corrected chi connectivity index (χ2v) is 3.31. The minimum Gasteiger partial charge on any atom is -0.311 e. The van der Waals surface area contributed by atoms with E-state index < -0.39 is 0 Å². The first kappa shape index (κ1) is 10.3. The second-order valence-electron chi connectivity index (χ2n) is 3.31. The number of hydrogen-bond donors (Lipinski definition) is 1. The van der Waals surface area contributed by atoms with Crippen molar-refractivity contribution < 1.29 is 4.39 Å². The first-order valence-corrected chi connectivity index (χ1v) is 4.82. The molecular weight excluding hydrogens is 167 g/mol. The van der Waals surface area contributed by atoms with Crippen molar-refractivity contribution >= 4 is 0 Å². The van der Waals surface area contributed by atoms with Crippen molar-refractivity contribution in [2.24, 2.45) is 5.84 Å². The molecule has 1 aliphatic carbocycles. The monoisotopic (exact) mass is 184 g/mol. The van der Waals surface area contributed by atoms with Crippen LogP contribution < -0.4 is 5.84 Å². The molecule has 0 aromatic rings. The lowest BCUT2D eigenvalue weighted by Crippen LogP contribution is -2.31. The van der Waals surface area contributed by atoms with Crippen LogP contribution in [0.3, 0.4) is 0 Å². The molecule has 0 unspecified atom stereocenters. The minimum absolute atomic E-state index is 0.0653. The van der Waals surface area contributed by atoms with Crippen molar-refractivity contribution in [3.05, 3.63) is 23.7 Å². The van der Waals surface area contributed by atoms with Gasteiger partial charge in [-0.25, -0.2) is 10.2 Å². The number of allylic oxidation sites excluding steroid dienone is 3. The van der Waals surface area contributed by atoms with Gasteiger partial charge >= 0.3 is 0 Å². The van der Waals surface area contributed by atoms with E-state index in [1.54, 1.807) is 5.01 Å². The zero-order valence-electron chi connectivity index (χ0n) is 8.09. The molecular formula is C10H17FN2. The van der Waals surface area contributed by atoms with E-state index >= 15 is 0 Å². The predicted octanol–water partition coefficient (Wildman–Crippen LogP) is 2.49. The molecule has 74 valence electrons. The molecule has 0 saturated carbocycles.